The third-order valence-corrected chi connectivity index (χ3v) is 10.1. The first kappa shape index (κ1) is 38.1. The molecule has 2 aliphatic rings. The molecule has 0 spiro atoms. The van der Waals surface area contributed by atoms with Gasteiger partial charge in [-0.1, -0.05) is 36.2 Å². The molecular weight excluding hydrogens is 723 g/mol. The van der Waals surface area contributed by atoms with E-state index in [1.807, 2.05) is 29.0 Å². The van der Waals surface area contributed by atoms with Gasteiger partial charge < -0.3 is 48.3 Å². The van der Waals surface area contributed by atoms with E-state index in [4.69, 9.17) is 59.1 Å². The molecule has 0 saturated carbocycles. The second-order valence-corrected chi connectivity index (χ2v) is 14.0. The highest BCUT2D eigenvalue weighted by Gasteiger charge is 2.45. The Labute approximate surface area is 321 Å². The minimum Gasteiger partial charge on any atom is -0.491 e. The maximum absolute atomic E-state index is 6.61. The molecule has 2 unspecified atom stereocenters. The summed E-state index contributed by atoms with van der Waals surface area (Å²) < 4.78 is 31.7. The number of nitrogens with one attached hydrogen (secondary N) is 1. The predicted octanol–water partition coefficient (Wildman–Crippen LogP) is 6.89. The lowest BCUT2D eigenvalue weighted by atomic mass is 10.1. The van der Waals surface area contributed by atoms with Crippen molar-refractivity contribution in [2.24, 2.45) is 0 Å². The van der Waals surface area contributed by atoms with Crippen LogP contribution in [0.25, 0.3) is 0 Å². The van der Waals surface area contributed by atoms with Crippen molar-refractivity contribution in [3.8, 4) is 5.75 Å². The van der Waals surface area contributed by atoms with Crippen LogP contribution in [0.15, 0.2) is 85.5 Å². The molecule has 2 fully saturated rings. The summed E-state index contributed by atoms with van der Waals surface area (Å²) >= 11 is 18.5. The van der Waals surface area contributed by atoms with Crippen molar-refractivity contribution in [3.63, 3.8) is 0 Å². The minimum absolute atomic E-state index is 0.301. The standard InChI is InChI=1S/C38H46Cl2N6O5S/c1-4-16-46(23-36(47-2)48-3)37(52)42-29-6-8-30(9-7-29)44-18-20-45(21-19-44)31-10-12-32(13-11-31)49-24-33-25-50-38(51-33,26-43-17-15-41-27-43)34-14-5-28(39)22-35(34)40/h5-15,17,22,27,33,36H,4,16,18-21,23-26H2,1-3H3,(H,42,52). The van der Waals surface area contributed by atoms with Crippen LogP contribution >= 0.6 is 35.4 Å². The lowest BCUT2D eigenvalue weighted by molar-refractivity contribution is -0.189. The van der Waals surface area contributed by atoms with Gasteiger partial charge in [0.1, 0.15) is 18.5 Å². The number of methoxy groups -OCH3 is 2. The summed E-state index contributed by atoms with van der Waals surface area (Å²) in [7, 11) is 3.28. The van der Waals surface area contributed by atoms with Crippen LogP contribution < -0.4 is 19.9 Å². The summed E-state index contributed by atoms with van der Waals surface area (Å²) in [4.78, 5) is 11.1. The number of hydrogen-bond donors (Lipinski definition) is 1. The van der Waals surface area contributed by atoms with Crippen LogP contribution in [0.1, 0.15) is 18.9 Å². The van der Waals surface area contributed by atoms with Crippen molar-refractivity contribution in [2.75, 3.05) is 81.8 Å². The Bertz CT molecular complexity index is 1720. The second-order valence-electron chi connectivity index (χ2n) is 12.8. The summed E-state index contributed by atoms with van der Waals surface area (Å²) in [6.45, 7) is 8.22. The third-order valence-electron chi connectivity index (χ3n) is 9.23. The number of piperazine rings is 1. The van der Waals surface area contributed by atoms with Gasteiger partial charge in [-0.15, -0.1) is 0 Å². The predicted molar refractivity (Wildman–Crippen MR) is 210 cm³/mol. The van der Waals surface area contributed by atoms with E-state index in [1.54, 1.807) is 38.9 Å². The van der Waals surface area contributed by atoms with Gasteiger partial charge in [0.2, 0.25) is 5.79 Å². The molecule has 52 heavy (non-hydrogen) atoms. The molecule has 0 radical (unpaired) electrons. The fourth-order valence-corrected chi connectivity index (χ4v) is 7.31. The Kier molecular flexibility index (Phi) is 13.1. The van der Waals surface area contributed by atoms with Gasteiger partial charge in [0, 0.05) is 87.0 Å². The van der Waals surface area contributed by atoms with Gasteiger partial charge >= 0.3 is 0 Å². The second kappa shape index (κ2) is 17.9. The lowest BCUT2D eigenvalue weighted by Gasteiger charge is -2.37. The van der Waals surface area contributed by atoms with E-state index in [-0.39, 0.29) is 12.4 Å². The fraction of sp³-hybridized carbons (Fsp3) is 0.421. The minimum atomic E-state index is -1.09. The Hall–Kier alpha value is -3.62. The molecule has 11 nitrogen and oxygen atoms in total. The van der Waals surface area contributed by atoms with E-state index in [9.17, 15) is 0 Å². The van der Waals surface area contributed by atoms with Gasteiger partial charge in [0.25, 0.3) is 0 Å². The molecule has 0 bridgehead atoms. The van der Waals surface area contributed by atoms with Crippen LogP contribution in [0, 0.1) is 0 Å². The molecule has 1 aromatic heterocycles. The molecular formula is C38H46Cl2N6O5S. The van der Waals surface area contributed by atoms with Crippen molar-refractivity contribution < 1.29 is 23.7 Å². The summed E-state index contributed by atoms with van der Waals surface area (Å²) in [6.07, 6.45) is 5.63. The smallest absolute Gasteiger partial charge is 0.215 e. The highest BCUT2D eigenvalue weighted by molar-refractivity contribution is 7.80. The zero-order chi connectivity index (χ0) is 36.5. The molecule has 3 aromatic carbocycles. The number of hydrogen-bond acceptors (Lipinski definition) is 9. The largest absolute Gasteiger partial charge is 0.491 e. The van der Waals surface area contributed by atoms with Crippen molar-refractivity contribution in [1.29, 1.82) is 0 Å². The Morgan fingerprint density at radius 2 is 1.67 bits per heavy atom. The highest BCUT2D eigenvalue weighted by atomic mass is 35.5. The average Bonchev–Trinajstić information content (AvgIpc) is 3.83. The first-order chi connectivity index (χ1) is 25.3. The van der Waals surface area contributed by atoms with Crippen LogP contribution in [0.4, 0.5) is 17.1 Å². The van der Waals surface area contributed by atoms with E-state index >= 15 is 0 Å². The van der Waals surface area contributed by atoms with Gasteiger partial charge in [-0.3, -0.25) is 0 Å². The summed E-state index contributed by atoms with van der Waals surface area (Å²) in [5.41, 5.74) is 4.02. The van der Waals surface area contributed by atoms with E-state index in [2.05, 4.69) is 68.3 Å². The summed E-state index contributed by atoms with van der Waals surface area (Å²) in [5, 5.41) is 5.05. The molecule has 2 aliphatic heterocycles. The zero-order valence-electron chi connectivity index (χ0n) is 29.8. The van der Waals surface area contributed by atoms with Crippen molar-refractivity contribution in [1.82, 2.24) is 14.5 Å². The Balaban J connectivity index is 0.981. The number of thiocarbonyl (C=S) groups is 1. The summed E-state index contributed by atoms with van der Waals surface area (Å²) in [6, 6.07) is 22.0. The van der Waals surface area contributed by atoms with E-state index in [0.717, 1.165) is 56.3 Å². The molecule has 2 saturated heterocycles. The molecule has 4 aromatic rings. The first-order valence-corrected chi connectivity index (χ1v) is 18.6. The van der Waals surface area contributed by atoms with Gasteiger partial charge in [-0.05, 0) is 79.3 Å². The number of nitrogens with zero attached hydrogens (tertiary/aromatic N) is 5. The normalized spacial score (nSPS) is 18.9. The average molecular weight is 770 g/mol. The van der Waals surface area contributed by atoms with Gasteiger partial charge in [0.15, 0.2) is 11.4 Å². The molecule has 278 valence electrons. The maximum Gasteiger partial charge on any atom is 0.215 e. The molecule has 0 amide bonds. The fourth-order valence-electron chi connectivity index (χ4n) is 6.47. The Morgan fingerprint density at radius 1 is 1.00 bits per heavy atom. The lowest BCUT2D eigenvalue weighted by Crippen LogP contribution is -2.46. The van der Waals surface area contributed by atoms with E-state index in [1.165, 1.54) is 5.69 Å². The zero-order valence-corrected chi connectivity index (χ0v) is 32.1. The molecule has 6 rings (SSSR count). The molecule has 14 heteroatoms. The SMILES string of the molecule is CCCN(CC(OC)OC)C(=S)Nc1ccc(N2CCN(c3ccc(OCC4COC(Cn5ccnc5)(c5ccc(Cl)cc5Cl)O4)cc3)CC2)cc1. The van der Waals surface area contributed by atoms with Crippen LogP contribution in [-0.4, -0.2) is 98.7 Å². The van der Waals surface area contributed by atoms with Crippen LogP contribution in [-0.2, 0) is 31.3 Å². The number of benzene rings is 3. The number of anilines is 3. The number of rotatable bonds is 15. The summed E-state index contributed by atoms with van der Waals surface area (Å²) in [5.74, 6) is -0.324. The third kappa shape index (κ3) is 9.48. The quantitative estimate of drug-likeness (QED) is 0.101. The number of imidazole rings is 1. The topological polar surface area (TPSA) is 85.7 Å². The van der Waals surface area contributed by atoms with Crippen molar-refractivity contribution in [3.05, 3.63) is 101 Å². The number of aromatic nitrogens is 2. The number of halogens is 2. The number of ether oxygens (including phenoxy) is 5. The molecule has 1 N–H and O–H groups in total. The van der Waals surface area contributed by atoms with E-state index in [0.29, 0.717) is 47.0 Å². The van der Waals surface area contributed by atoms with Crippen molar-refractivity contribution >= 4 is 57.6 Å². The van der Waals surface area contributed by atoms with Crippen LogP contribution in [0.2, 0.25) is 10.0 Å². The Morgan fingerprint density at radius 3 is 2.27 bits per heavy atom. The molecule has 2 atom stereocenters. The van der Waals surface area contributed by atoms with Crippen LogP contribution in [0.3, 0.4) is 0 Å². The van der Waals surface area contributed by atoms with Gasteiger partial charge in [-0.2, -0.15) is 0 Å². The monoisotopic (exact) mass is 768 g/mol. The molecule has 3 heterocycles. The van der Waals surface area contributed by atoms with Gasteiger partial charge in [-0.25, -0.2) is 4.98 Å². The molecule has 0 aliphatic carbocycles. The first-order valence-electron chi connectivity index (χ1n) is 17.5. The maximum atomic E-state index is 6.61. The van der Waals surface area contributed by atoms with Gasteiger partial charge in [0.05, 0.1) is 31.0 Å². The van der Waals surface area contributed by atoms with Crippen molar-refractivity contribution in [2.45, 2.75) is 38.1 Å². The van der Waals surface area contributed by atoms with Crippen LogP contribution in [0.5, 0.6) is 5.75 Å². The van der Waals surface area contributed by atoms with E-state index < -0.39 is 5.79 Å². The highest BCUT2D eigenvalue weighted by Crippen LogP contribution is 2.40.